The molecule has 1 amide bonds. The van der Waals surface area contributed by atoms with E-state index in [-0.39, 0.29) is 5.91 Å². The van der Waals surface area contributed by atoms with Gasteiger partial charge in [0.05, 0.1) is 6.33 Å². The molecule has 3 aromatic rings. The van der Waals surface area contributed by atoms with Crippen molar-refractivity contribution >= 4 is 22.9 Å². The number of unbranched alkanes of at least 4 members (excludes halogenated alkanes) is 1. The van der Waals surface area contributed by atoms with E-state index in [2.05, 4.69) is 37.2 Å². The molecule has 22 heavy (non-hydrogen) atoms. The van der Waals surface area contributed by atoms with Crippen LogP contribution in [-0.4, -0.2) is 25.8 Å². The summed E-state index contributed by atoms with van der Waals surface area (Å²) in [5, 5.41) is 2.82. The van der Waals surface area contributed by atoms with Crippen molar-refractivity contribution in [3.05, 3.63) is 42.2 Å². The molecule has 0 saturated carbocycles. The van der Waals surface area contributed by atoms with Gasteiger partial charge in [0.25, 0.3) is 5.91 Å². The number of nitrogens with one attached hydrogen (secondary N) is 3. The number of hydrogen-bond donors (Lipinski definition) is 2. The van der Waals surface area contributed by atoms with E-state index in [1.54, 1.807) is 30.9 Å². The van der Waals surface area contributed by atoms with Crippen molar-refractivity contribution < 1.29 is 9.78 Å². The second-order valence-electron chi connectivity index (χ2n) is 4.94. The molecule has 0 aromatic carbocycles. The molecule has 0 atom stereocenters. The number of amides is 1. The first-order chi connectivity index (χ1) is 10.8. The van der Waals surface area contributed by atoms with Gasteiger partial charge in [0.1, 0.15) is 16.9 Å². The summed E-state index contributed by atoms with van der Waals surface area (Å²) in [5.41, 5.74) is 1.73. The zero-order valence-corrected chi connectivity index (χ0v) is 12.3. The van der Waals surface area contributed by atoms with Gasteiger partial charge in [-0.3, -0.25) is 4.79 Å². The van der Waals surface area contributed by atoms with Crippen LogP contribution in [0.25, 0.3) is 11.2 Å². The molecule has 0 aliphatic rings. The molecule has 0 bridgehead atoms. The molecule has 7 heteroatoms. The molecule has 3 N–H and O–H groups in total. The van der Waals surface area contributed by atoms with Gasteiger partial charge in [-0.25, -0.2) is 19.9 Å². The van der Waals surface area contributed by atoms with Gasteiger partial charge in [0.2, 0.25) is 0 Å². The van der Waals surface area contributed by atoms with Crippen molar-refractivity contribution in [3.63, 3.8) is 0 Å². The summed E-state index contributed by atoms with van der Waals surface area (Å²) in [5.74, 6) is 0.923. The van der Waals surface area contributed by atoms with Crippen LogP contribution in [0.3, 0.4) is 0 Å². The molecule has 0 spiro atoms. The number of aromatic nitrogens is 5. The third-order valence-electron chi connectivity index (χ3n) is 3.29. The normalized spacial score (nSPS) is 10.8. The standard InChI is InChI=1S/C15H16N6O/c1-2-3-6-11-19-13-12(17-9-18-13)14(20-11)21-15(22)10-5-4-7-16-8-10/h4-5,7-9H,2-3,6H2,1H3,(H2,17,18,19,20,21,22)/p+1. The molecule has 0 radical (unpaired) electrons. The summed E-state index contributed by atoms with van der Waals surface area (Å²) in [6.45, 7) is 2.11. The average Bonchev–Trinajstić information content (AvgIpc) is 3.02. The SMILES string of the molecule is CCCCc1nc(NC(=O)c2ccc[nH+]c2)c2[nH]cnc2n1. The lowest BCUT2D eigenvalue weighted by Gasteiger charge is -2.06. The van der Waals surface area contributed by atoms with Crippen molar-refractivity contribution in [2.45, 2.75) is 26.2 Å². The van der Waals surface area contributed by atoms with Gasteiger partial charge in [-0.15, -0.1) is 0 Å². The van der Waals surface area contributed by atoms with Crippen LogP contribution in [0.2, 0.25) is 0 Å². The highest BCUT2D eigenvalue weighted by atomic mass is 16.1. The van der Waals surface area contributed by atoms with E-state index >= 15 is 0 Å². The highest BCUT2D eigenvalue weighted by Gasteiger charge is 2.14. The fourth-order valence-corrected chi connectivity index (χ4v) is 2.13. The van der Waals surface area contributed by atoms with Crippen LogP contribution in [0, 0.1) is 0 Å². The number of carbonyl (C=O) groups excluding carboxylic acids is 1. The van der Waals surface area contributed by atoms with E-state index in [4.69, 9.17) is 0 Å². The fourth-order valence-electron chi connectivity index (χ4n) is 2.13. The molecule has 0 aliphatic heterocycles. The zero-order chi connectivity index (χ0) is 15.4. The van der Waals surface area contributed by atoms with Crippen LogP contribution in [-0.2, 0) is 6.42 Å². The van der Waals surface area contributed by atoms with Crippen LogP contribution in [0.1, 0.15) is 35.9 Å². The molecule has 0 unspecified atom stereocenters. The van der Waals surface area contributed by atoms with Crippen LogP contribution < -0.4 is 10.3 Å². The van der Waals surface area contributed by atoms with Crippen LogP contribution >= 0.6 is 0 Å². The third kappa shape index (κ3) is 2.93. The number of hydrogen-bond acceptors (Lipinski definition) is 4. The number of nitrogens with zero attached hydrogens (tertiary/aromatic N) is 3. The van der Waals surface area contributed by atoms with E-state index in [0.29, 0.717) is 28.4 Å². The van der Waals surface area contributed by atoms with E-state index < -0.39 is 0 Å². The number of carbonyl (C=O) groups is 1. The second-order valence-corrected chi connectivity index (χ2v) is 4.94. The molecule has 0 aliphatic carbocycles. The lowest BCUT2D eigenvalue weighted by Crippen LogP contribution is -2.16. The van der Waals surface area contributed by atoms with Crippen molar-refractivity contribution in [2.75, 3.05) is 5.32 Å². The number of imidazole rings is 1. The molecule has 7 nitrogen and oxygen atoms in total. The van der Waals surface area contributed by atoms with Crippen molar-refractivity contribution in [1.29, 1.82) is 0 Å². The molecule has 0 fully saturated rings. The number of aromatic amines is 2. The number of fused-ring (bicyclic) bond motifs is 1. The van der Waals surface area contributed by atoms with Crippen LogP contribution in [0.4, 0.5) is 5.82 Å². The summed E-state index contributed by atoms with van der Waals surface area (Å²) >= 11 is 0. The Hall–Kier alpha value is -2.83. The Morgan fingerprint density at radius 2 is 2.32 bits per heavy atom. The number of aryl methyl sites for hydroxylation is 1. The van der Waals surface area contributed by atoms with Gasteiger partial charge < -0.3 is 10.3 Å². The Morgan fingerprint density at radius 1 is 1.41 bits per heavy atom. The molecule has 112 valence electrons. The van der Waals surface area contributed by atoms with Crippen molar-refractivity contribution in [2.24, 2.45) is 0 Å². The summed E-state index contributed by atoms with van der Waals surface area (Å²) in [6, 6.07) is 3.50. The minimum atomic E-state index is -0.229. The lowest BCUT2D eigenvalue weighted by molar-refractivity contribution is -0.378. The van der Waals surface area contributed by atoms with Gasteiger partial charge in [-0.2, -0.15) is 0 Å². The molecule has 3 heterocycles. The number of rotatable bonds is 5. The monoisotopic (exact) mass is 297 g/mol. The fraction of sp³-hybridized carbons (Fsp3) is 0.267. The Morgan fingerprint density at radius 3 is 3.09 bits per heavy atom. The molecule has 0 saturated heterocycles. The van der Waals surface area contributed by atoms with Gasteiger partial charge >= 0.3 is 0 Å². The van der Waals surface area contributed by atoms with Crippen LogP contribution in [0.15, 0.2) is 30.9 Å². The molecule has 3 aromatic heterocycles. The van der Waals surface area contributed by atoms with Gasteiger partial charge in [-0.1, -0.05) is 13.3 Å². The Labute approximate surface area is 127 Å². The van der Waals surface area contributed by atoms with E-state index in [9.17, 15) is 4.79 Å². The topological polar surface area (TPSA) is 97.7 Å². The first kappa shape index (κ1) is 14.1. The van der Waals surface area contributed by atoms with Gasteiger partial charge in [-0.05, 0) is 12.5 Å². The maximum absolute atomic E-state index is 12.3. The predicted molar refractivity (Wildman–Crippen MR) is 81.2 cm³/mol. The number of pyridine rings is 1. The first-order valence-electron chi connectivity index (χ1n) is 7.25. The summed E-state index contributed by atoms with van der Waals surface area (Å²) in [4.78, 5) is 31.2. The van der Waals surface area contributed by atoms with Crippen LogP contribution in [0.5, 0.6) is 0 Å². The Kier molecular flexibility index (Phi) is 4.04. The summed E-state index contributed by atoms with van der Waals surface area (Å²) in [7, 11) is 0. The largest absolute Gasteiger partial charge is 0.340 e. The van der Waals surface area contributed by atoms with E-state index in [0.717, 1.165) is 19.3 Å². The summed E-state index contributed by atoms with van der Waals surface area (Å²) < 4.78 is 0. The second kappa shape index (κ2) is 6.30. The average molecular weight is 297 g/mol. The third-order valence-corrected chi connectivity index (χ3v) is 3.29. The summed E-state index contributed by atoms with van der Waals surface area (Å²) in [6.07, 6.45) is 7.76. The first-order valence-corrected chi connectivity index (χ1v) is 7.25. The lowest BCUT2D eigenvalue weighted by atomic mass is 10.2. The highest BCUT2D eigenvalue weighted by molar-refractivity contribution is 6.06. The smallest absolute Gasteiger partial charge is 0.262 e. The molecular formula is C15H17N6O+. The Bertz CT molecular complexity index is 783. The quantitative estimate of drug-likeness (QED) is 0.749. The molecular weight excluding hydrogens is 280 g/mol. The number of H-pyrrole nitrogens is 2. The van der Waals surface area contributed by atoms with Gasteiger partial charge in [0, 0.05) is 12.5 Å². The van der Waals surface area contributed by atoms with E-state index in [1.165, 1.54) is 0 Å². The highest BCUT2D eigenvalue weighted by Crippen LogP contribution is 2.18. The van der Waals surface area contributed by atoms with Gasteiger partial charge in [0.15, 0.2) is 23.9 Å². The molecule has 3 rings (SSSR count). The zero-order valence-electron chi connectivity index (χ0n) is 12.3. The maximum atomic E-state index is 12.3. The maximum Gasteiger partial charge on any atom is 0.262 e. The predicted octanol–water partition coefficient (Wildman–Crippen LogP) is 1.76. The van der Waals surface area contributed by atoms with Crippen molar-refractivity contribution in [3.8, 4) is 0 Å². The number of anilines is 1. The minimum Gasteiger partial charge on any atom is -0.340 e. The minimum absolute atomic E-state index is 0.229. The van der Waals surface area contributed by atoms with Crippen molar-refractivity contribution in [1.82, 2.24) is 19.9 Å². The van der Waals surface area contributed by atoms with E-state index in [1.807, 2.05) is 0 Å². The Balaban J connectivity index is 1.91.